The van der Waals surface area contributed by atoms with Gasteiger partial charge in [-0.05, 0) is 19.1 Å². The molecule has 24 heavy (non-hydrogen) atoms. The SMILES string of the molecule is CCOC(=O)c1cn(-c2ncccn2)c2cc(F)c(Cl)cc2c1=O. The molecule has 8 heteroatoms. The summed E-state index contributed by atoms with van der Waals surface area (Å²) < 4.78 is 20.1. The molecule has 122 valence electrons. The first-order valence-corrected chi connectivity index (χ1v) is 7.39. The van der Waals surface area contributed by atoms with Gasteiger partial charge in [-0.1, -0.05) is 11.6 Å². The molecule has 0 unspecified atom stereocenters. The van der Waals surface area contributed by atoms with Crippen molar-refractivity contribution in [1.82, 2.24) is 14.5 Å². The molecule has 0 saturated carbocycles. The highest BCUT2D eigenvalue weighted by molar-refractivity contribution is 6.31. The molecule has 0 fully saturated rings. The molecule has 3 aromatic rings. The number of hydrogen-bond acceptors (Lipinski definition) is 5. The van der Waals surface area contributed by atoms with Gasteiger partial charge in [-0.25, -0.2) is 19.2 Å². The third-order valence-corrected chi connectivity index (χ3v) is 3.60. The number of benzene rings is 1. The number of nitrogens with zero attached hydrogens (tertiary/aromatic N) is 3. The molecule has 0 aliphatic rings. The highest BCUT2D eigenvalue weighted by Crippen LogP contribution is 2.23. The number of carbonyl (C=O) groups excluding carboxylic acids is 1. The van der Waals surface area contributed by atoms with Gasteiger partial charge in [-0.15, -0.1) is 0 Å². The molecular weight excluding hydrogens is 337 g/mol. The van der Waals surface area contributed by atoms with E-state index >= 15 is 0 Å². The maximum Gasteiger partial charge on any atom is 0.343 e. The zero-order valence-electron chi connectivity index (χ0n) is 12.5. The lowest BCUT2D eigenvalue weighted by Gasteiger charge is -2.12. The number of esters is 1. The largest absolute Gasteiger partial charge is 0.462 e. The summed E-state index contributed by atoms with van der Waals surface area (Å²) in [6, 6.07) is 3.89. The predicted octanol–water partition coefficient (Wildman–Crippen LogP) is 2.75. The van der Waals surface area contributed by atoms with E-state index in [-0.39, 0.29) is 34.0 Å². The Kier molecular flexibility index (Phi) is 4.26. The first-order valence-electron chi connectivity index (χ1n) is 7.02. The normalized spacial score (nSPS) is 10.8. The zero-order chi connectivity index (χ0) is 17.3. The second-order valence-electron chi connectivity index (χ2n) is 4.79. The third-order valence-electron chi connectivity index (χ3n) is 3.31. The zero-order valence-corrected chi connectivity index (χ0v) is 13.2. The number of carbonyl (C=O) groups is 1. The molecule has 0 spiro atoms. The summed E-state index contributed by atoms with van der Waals surface area (Å²) in [6.45, 7) is 1.74. The molecule has 0 atom stereocenters. The fourth-order valence-corrected chi connectivity index (χ4v) is 2.42. The fourth-order valence-electron chi connectivity index (χ4n) is 2.26. The number of aromatic nitrogens is 3. The standard InChI is InChI=1S/C16H11ClFN3O3/c1-2-24-15(23)10-8-21(16-19-4-3-5-20-16)13-7-12(18)11(17)6-9(13)14(10)22/h3-8H,2H2,1H3. The lowest BCUT2D eigenvalue weighted by Crippen LogP contribution is -2.21. The van der Waals surface area contributed by atoms with E-state index < -0.39 is 17.2 Å². The van der Waals surface area contributed by atoms with Gasteiger partial charge in [0.15, 0.2) is 0 Å². The van der Waals surface area contributed by atoms with E-state index in [1.54, 1.807) is 13.0 Å². The van der Waals surface area contributed by atoms with Crippen molar-refractivity contribution in [2.45, 2.75) is 6.92 Å². The Balaban J connectivity index is 2.40. The number of fused-ring (bicyclic) bond motifs is 1. The topological polar surface area (TPSA) is 74.1 Å². The molecule has 0 aliphatic carbocycles. The molecule has 1 aromatic carbocycles. The molecule has 0 saturated heterocycles. The van der Waals surface area contributed by atoms with Crippen molar-refractivity contribution in [3.8, 4) is 5.95 Å². The fraction of sp³-hybridized carbons (Fsp3) is 0.125. The summed E-state index contributed by atoms with van der Waals surface area (Å²) in [6.07, 6.45) is 4.22. The van der Waals surface area contributed by atoms with Crippen LogP contribution in [0.25, 0.3) is 16.9 Å². The van der Waals surface area contributed by atoms with Crippen LogP contribution in [0, 0.1) is 5.82 Å². The van der Waals surface area contributed by atoms with E-state index in [2.05, 4.69) is 9.97 Å². The van der Waals surface area contributed by atoms with E-state index in [1.165, 1.54) is 29.2 Å². The van der Waals surface area contributed by atoms with E-state index in [1.807, 2.05) is 0 Å². The highest BCUT2D eigenvalue weighted by Gasteiger charge is 2.19. The lowest BCUT2D eigenvalue weighted by molar-refractivity contribution is 0.0524. The predicted molar refractivity (Wildman–Crippen MR) is 86.1 cm³/mol. The van der Waals surface area contributed by atoms with Gasteiger partial charge >= 0.3 is 5.97 Å². The molecule has 0 radical (unpaired) electrons. The molecule has 2 aromatic heterocycles. The van der Waals surface area contributed by atoms with Crippen molar-refractivity contribution in [1.29, 1.82) is 0 Å². The van der Waals surface area contributed by atoms with Crippen LogP contribution in [0.2, 0.25) is 5.02 Å². The Hall–Kier alpha value is -2.80. The number of rotatable bonds is 3. The third kappa shape index (κ3) is 2.74. The van der Waals surface area contributed by atoms with Crippen LogP contribution in [0.3, 0.4) is 0 Å². The minimum Gasteiger partial charge on any atom is -0.462 e. The van der Waals surface area contributed by atoms with E-state index in [0.717, 1.165) is 6.07 Å². The average Bonchev–Trinajstić information content (AvgIpc) is 2.58. The summed E-state index contributed by atoms with van der Waals surface area (Å²) in [5, 5.41) is -0.152. The van der Waals surface area contributed by atoms with Crippen LogP contribution in [0.5, 0.6) is 0 Å². The van der Waals surface area contributed by atoms with Crippen LogP contribution in [-0.4, -0.2) is 27.1 Å². The van der Waals surface area contributed by atoms with Crippen molar-refractivity contribution in [3.05, 3.63) is 63.4 Å². The Morgan fingerprint density at radius 2 is 2.04 bits per heavy atom. The van der Waals surface area contributed by atoms with Crippen molar-refractivity contribution in [2.75, 3.05) is 6.61 Å². The quantitative estimate of drug-likeness (QED) is 0.681. The first kappa shape index (κ1) is 16.1. The molecular formula is C16H11ClFN3O3. The van der Waals surface area contributed by atoms with Gasteiger partial charge in [0.05, 0.1) is 17.1 Å². The summed E-state index contributed by atoms with van der Waals surface area (Å²) >= 11 is 5.78. The maximum atomic E-state index is 13.9. The summed E-state index contributed by atoms with van der Waals surface area (Å²) in [4.78, 5) is 32.8. The smallest absolute Gasteiger partial charge is 0.343 e. The van der Waals surface area contributed by atoms with Gasteiger partial charge in [0, 0.05) is 30.0 Å². The number of pyridine rings is 1. The van der Waals surface area contributed by atoms with Crippen molar-refractivity contribution < 1.29 is 13.9 Å². The first-order chi connectivity index (χ1) is 11.5. The molecule has 6 nitrogen and oxygen atoms in total. The van der Waals surface area contributed by atoms with Gasteiger partial charge in [0.25, 0.3) is 0 Å². The van der Waals surface area contributed by atoms with Crippen LogP contribution >= 0.6 is 11.6 Å². The van der Waals surface area contributed by atoms with E-state index in [4.69, 9.17) is 16.3 Å². The minimum absolute atomic E-state index is 0.0689. The summed E-state index contributed by atoms with van der Waals surface area (Å²) in [5.74, 6) is -1.30. The van der Waals surface area contributed by atoms with Crippen LogP contribution in [0.4, 0.5) is 4.39 Å². The van der Waals surface area contributed by atoms with Gasteiger partial charge in [0.2, 0.25) is 11.4 Å². The number of ether oxygens (including phenoxy) is 1. The van der Waals surface area contributed by atoms with E-state index in [0.29, 0.717) is 0 Å². The molecule has 0 aliphatic heterocycles. The van der Waals surface area contributed by atoms with Gasteiger partial charge in [0.1, 0.15) is 11.4 Å². The Bertz CT molecular complexity index is 989. The van der Waals surface area contributed by atoms with Gasteiger partial charge in [-0.3, -0.25) is 9.36 Å². The molecule has 0 N–H and O–H groups in total. The average molecular weight is 348 g/mol. The second kappa shape index (κ2) is 6.37. The molecule has 0 amide bonds. The second-order valence-corrected chi connectivity index (χ2v) is 5.20. The maximum absolute atomic E-state index is 13.9. The molecule has 2 heterocycles. The van der Waals surface area contributed by atoms with Crippen molar-refractivity contribution in [3.63, 3.8) is 0 Å². The summed E-state index contributed by atoms with van der Waals surface area (Å²) in [5.41, 5.74) is -0.613. The number of halogens is 2. The summed E-state index contributed by atoms with van der Waals surface area (Å²) in [7, 11) is 0. The van der Waals surface area contributed by atoms with Gasteiger partial charge in [-0.2, -0.15) is 0 Å². The Morgan fingerprint density at radius 3 is 2.71 bits per heavy atom. The van der Waals surface area contributed by atoms with Crippen LogP contribution < -0.4 is 5.43 Å². The Morgan fingerprint density at radius 1 is 1.33 bits per heavy atom. The van der Waals surface area contributed by atoms with Crippen LogP contribution in [0.1, 0.15) is 17.3 Å². The van der Waals surface area contributed by atoms with Crippen LogP contribution in [-0.2, 0) is 4.74 Å². The lowest BCUT2D eigenvalue weighted by atomic mass is 10.1. The monoisotopic (exact) mass is 347 g/mol. The van der Waals surface area contributed by atoms with Gasteiger partial charge < -0.3 is 4.74 Å². The highest BCUT2D eigenvalue weighted by atomic mass is 35.5. The minimum atomic E-state index is -0.783. The van der Waals surface area contributed by atoms with E-state index in [9.17, 15) is 14.0 Å². The van der Waals surface area contributed by atoms with Crippen LogP contribution in [0.15, 0.2) is 41.6 Å². The van der Waals surface area contributed by atoms with Crippen molar-refractivity contribution in [2.24, 2.45) is 0 Å². The molecule has 0 bridgehead atoms. The molecule has 3 rings (SSSR count). The Labute approximate surface area is 140 Å². The van der Waals surface area contributed by atoms with Crippen molar-refractivity contribution >= 4 is 28.5 Å². The number of hydrogen-bond donors (Lipinski definition) is 0.